The number of nitrogens with one attached hydrogen (secondary N) is 1. The third-order valence-electron chi connectivity index (χ3n) is 4.30. The van der Waals surface area contributed by atoms with E-state index in [0.717, 1.165) is 26.0 Å². The first-order chi connectivity index (χ1) is 10.1. The lowest BCUT2D eigenvalue weighted by Crippen LogP contribution is -2.23. The van der Waals surface area contributed by atoms with Crippen molar-refractivity contribution in [3.8, 4) is 0 Å². The zero-order chi connectivity index (χ0) is 15.2. The van der Waals surface area contributed by atoms with Crippen LogP contribution in [0, 0.1) is 13.8 Å². The summed E-state index contributed by atoms with van der Waals surface area (Å²) in [7, 11) is 0. The molecule has 0 amide bonds. The first-order valence-corrected chi connectivity index (χ1v) is 9.02. The second-order valence-corrected chi connectivity index (χ2v) is 6.98. The van der Waals surface area contributed by atoms with Crippen molar-refractivity contribution in [2.75, 3.05) is 13.2 Å². The molecule has 1 N–H and O–H groups in total. The Hall–Kier alpha value is -0.380. The predicted octanol–water partition coefficient (Wildman–Crippen LogP) is 5.07. The molecule has 1 heterocycles. The lowest BCUT2D eigenvalue weighted by molar-refractivity contribution is 0.0996. The molecule has 3 heteroatoms. The van der Waals surface area contributed by atoms with E-state index in [1.54, 1.807) is 0 Å². The SMILES string of the molecule is CCCNC(CCC1CCCO1)c1cc(C)c(Br)c(C)c1. The molecule has 0 aromatic heterocycles. The summed E-state index contributed by atoms with van der Waals surface area (Å²) in [5.74, 6) is 0. The molecule has 1 aromatic rings. The number of hydrogen-bond acceptors (Lipinski definition) is 2. The molecule has 2 atom stereocenters. The van der Waals surface area contributed by atoms with Crippen LogP contribution in [0.4, 0.5) is 0 Å². The van der Waals surface area contributed by atoms with Gasteiger partial charge >= 0.3 is 0 Å². The fourth-order valence-electron chi connectivity index (χ4n) is 3.11. The largest absolute Gasteiger partial charge is 0.378 e. The second-order valence-electron chi connectivity index (χ2n) is 6.19. The summed E-state index contributed by atoms with van der Waals surface area (Å²) in [6, 6.07) is 5.08. The summed E-state index contributed by atoms with van der Waals surface area (Å²) in [4.78, 5) is 0. The maximum Gasteiger partial charge on any atom is 0.0576 e. The molecule has 0 saturated carbocycles. The minimum atomic E-state index is 0.444. The van der Waals surface area contributed by atoms with Crippen LogP contribution in [0.5, 0.6) is 0 Å². The van der Waals surface area contributed by atoms with Crippen LogP contribution in [0.25, 0.3) is 0 Å². The maximum atomic E-state index is 5.77. The van der Waals surface area contributed by atoms with E-state index >= 15 is 0 Å². The summed E-state index contributed by atoms with van der Waals surface area (Å²) in [5, 5.41) is 3.71. The minimum absolute atomic E-state index is 0.444. The van der Waals surface area contributed by atoms with Crippen LogP contribution >= 0.6 is 15.9 Å². The van der Waals surface area contributed by atoms with E-state index in [1.165, 1.54) is 40.4 Å². The number of benzene rings is 1. The van der Waals surface area contributed by atoms with E-state index in [9.17, 15) is 0 Å². The van der Waals surface area contributed by atoms with Crippen molar-refractivity contribution in [2.45, 2.75) is 65.0 Å². The van der Waals surface area contributed by atoms with Gasteiger partial charge in [-0.15, -0.1) is 0 Å². The molecule has 1 saturated heterocycles. The highest BCUT2D eigenvalue weighted by Crippen LogP contribution is 2.29. The first-order valence-electron chi connectivity index (χ1n) is 8.23. The highest BCUT2D eigenvalue weighted by atomic mass is 79.9. The van der Waals surface area contributed by atoms with Crippen LogP contribution in [-0.4, -0.2) is 19.3 Å². The molecule has 0 bridgehead atoms. The van der Waals surface area contributed by atoms with Gasteiger partial charge in [0.05, 0.1) is 6.10 Å². The zero-order valence-corrected chi connectivity index (χ0v) is 15.1. The lowest BCUT2D eigenvalue weighted by atomic mass is 9.96. The molecule has 2 rings (SSSR count). The van der Waals surface area contributed by atoms with Crippen LogP contribution in [0.2, 0.25) is 0 Å². The third-order valence-corrected chi connectivity index (χ3v) is 5.55. The molecule has 1 fully saturated rings. The van der Waals surface area contributed by atoms with Gasteiger partial charge in [0.2, 0.25) is 0 Å². The van der Waals surface area contributed by atoms with Crippen molar-refractivity contribution >= 4 is 15.9 Å². The number of ether oxygens (including phenoxy) is 1. The Bertz CT molecular complexity index is 432. The summed E-state index contributed by atoms with van der Waals surface area (Å²) < 4.78 is 7.01. The van der Waals surface area contributed by atoms with Crippen molar-refractivity contribution in [3.05, 3.63) is 33.3 Å². The average molecular weight is 354 g/mol. The van der Waals surface area contributed by atoms with Gasteiger partial charge in [-0.3, -0.25) is 0 Å². The second kappa shape index (κ2) is 8.30. The van der Waals surface area contributed by atoms with E-state index in [-0.39, 0.29) is 0 Å². The monoisotopic (exact) mass is 353 g/mol. The van der Waals surface area contributed by atoms with E-state index in [2.05, 4.69) is 54.2 Å². The van der Waals surface area contributed by atoms with Crippen molar-refractivity contribution < 1.29 is 4.74 Å². The Morgan fingerprint density at radius 1 is 1.33 bits per heavy atom. The number of hydrogen-bond donors (Lipinski definition) is 1. The molecule has 2 nitrogen and oxygen atoms in total. The molecule has 1 aromatic carbocycles. The van der Waals surface area contributed by atoms with Crippen molar-refractivity contribution in [1.82, 2.24) is 5.32 Å². The summed E-state index contributed by atoms with van der Waals surface area (Å²) in [6.07, 6.45) is 6.44. The van der Waals surface area contributed by atoms with E-state index < -0.39 is 0 Å². The van der Waals surface area contributed by atoms with Gasteiger partial charge in [0.15, 0.2) is 0 Å². The van der Waals surface area contributed by atoms with Crippen LogP contribution in [0.1, 0.15) is 61.8 Å². The fourth-order valence-corrected chi connectivity index (χ4v) is 3.34. The van der Waals surface area contributed by atoms with Crippen LogP contribution in [0.3, 0.4) is 0 Å². The van der Waals surface area contributed by atoms with Crippen molar-refractivity contribution in [1.29, 1.82) is 0 Å². The molecule has 0 spiro atoms. The van der Waals surface area contributed by atoms with Crippen LogP contribution in [-0.2, 0) is 4.74 Å². The minimum Gasteiger partial charge on any atom is -0.378 e. The van der Waals surface area contributed by atoms with E-state index in [0.29, 0.717) is 12.1 Å². The van der Waals surface area contributed by atoms with Crippen molar-refractivity contribution in [2.24, 2.45) is 0 Å². The van der Waals surface area contributed by atoms with Gasteiger partial charge in [-0.2, -0.15) is 0 Å². The summed E-state index contributed by atoms with van der Waals surface area (Å²) in [5.41, 5.74) is 4.07. The first kappa shape index (κ1) is 17.0. The highest BCUT2D eigenvalue weighted by Gasteiger charge is 2.19. The van der Waals surface area contributed by atoms with Gasteiger partial charge < -0.3 is 10.1 Å². The normalized spacial score (nSPS) is 19.9. The molecule has 0 radical (unpaired) electrons. The smallest absolute Gasteiger partial charge is 0.0576 e. The predicted molar refractivity (Wildman–Crippen MR) is 92.9 cm³/mol. The van der Waals surface area contributed by atoms with Gasteiger partial charge in [0.25, 0.3) is 0 Å². The van der Waals surface area contributed by atoms with Gasteiger partial charge in [0, 0.05) is 17.1 Å². The van der Waals surface area contributed by atoms with Gasteiger partial charge in [-0.25, -0.2) is 0 Å². The zero-order valence-electron chi connectivity index (χ0n) is 13.5. The molecular weight excluding hydrogens is 326 g/mol. The van der Waals surface area contributed by atoms with Gasteiger partial charge in [-0.05, 0) is 69.2 Å². The maximum absolute atomic E-state index is 5.77. The fraction of sp³-hybridized carbons (Fsp3) is 0.667. The van der Waals surface area contributed by atoms with E-state index in [4.69, 9.17) is 4.74 Å². The number of rotatable bonds is 7. The number of aryl methyl sites for hydroxylation is 2. The molecule has 0 aliphatic carbocycles. The Labute approximate surface area is 137 Å². The van der Waals surface area contributed by atoms with Gasteiger partial charge in [0.1, 0.15) is 0 Å². The third kappa shape index (κ3) is 4.80. The highest BCUT2D eigenvalue weighted by molar-refractivity contribution is 9.10. The standard InChI is InChI=1S/C18H28BrNO/c1-4-9-20-17(8-7-16-6-5-10-21-16)15-11-13(2)18(19)14(3)12-15/h11-12,16-17,20H,4-10H2,1-3H3. The Balaban J connectivity index is 2.06. The molecule has 1 aliphatic heterocycles. The lowest BCUT2D eigenvalue weighted by Gasteiger charge is -2.22. The van der Waals surface area contributed by atoms with Gasteiger partial charge in [-0.1, -0.05) is 35.0 Å². The Kier molecular flexibility index (Phi) is 6.72. The molecule has 118 valence electrons. The average Bonchev–Trinajstić information content (AvgIpc) is 2.97. The Morgan fingerprint density at radius 2 is 2.05 bits per heavy atom. The van der Waals surface area contributed by atoms with Crippen molar-refractivity contribution in [3.63, 3.8) is 0 Å². The molecule has 1 aliphatic rings. The van der Waals surface area contributed by atoms with Crippen LogP contribution in [0.15, 0.2) is 16.6 Å². The molecule has 2 unspecified atom stereocenters. The molecular formula is C18H28BrNO. The Morgan fingerprint density at radius 3 is 2.62 bits per heavy atom. The molecule has 21 heavy (non-hydrogen) atoms. The van der Waals surface area contributed by atoms with Crippen LogP contribution < -0.4 is 5.32 Å². The van der Waals surface area contributed by atoms with E-state index in [1.807, 2.05) is 0 Å². The number of halogens is 1. The summed E-state index contributed by atoms with van der Waals surface area (Å²) in [6.45, 7) is 8.61. The summed E-state index contributed by atoms with van der Waals surface area (Å²) >= 11 is 3.67. The quantitative estimate of drug-likeness (QED) is 0.738. The topological polar surface area (TPSA) is 21.3 Å².